The van der Waals surface area contributed by atoms with Gasteiger partial charge in [0.2, 0.25) is 0 Å². The Kier molecular flexibility index (Phi) is 7.27. The zero-order chi connectivity index (χ0) is 14.1. The van der Waals surface area contributed by atoms with Crippen LogP contribution in [0.3, 0.4) is 0 Å². The van der Waals surface area contributed by atoms with E-state index in [1.54, 1.807) is 0 Å². The van der Waals surface area contributed by atoms with Crippen molar-refractivity contribution in [2.75, 3.05) is 13.7 Å². The summed E-state index contributed by atoms with van der Waals surface area (Å²) < 4.78 is 5.93. The highest BCUT2D eigenvalue weighted by Gasteiger charge is 2.06. The number of ether oxygens (including phenoxy) is 1. The van der Waals surface area contributed by atoms with E-state index in [0.717, 1.165) is 31.7 Å². The Bertz CT molecular complexity index is 375. The lowest BCUT2D eigenvalue weighted by Crippen LogP contribution is -2.07. The molecule has 1 aromatic rings. The molecule has 0 spiro atoms. The van der Waals surface area contributed by atoms with Gasteiger partial charge in [-0.25, -0.2) is 0 Å². The van der Waals surface area contributed by atoms with Crippen LogP contribution in [0, 0.1) is 13.8 Å². The molecule has 19 heavy (non-hydrogen) atoms. The summed E-state index contributed by atoms with van der Waals surface area (Å²) in [6, 6.07) is 4.41. The van der Waals surface area contributed by atoms with Crippen molar-refractivity contribution >= 4 is 0 Å². The molecule has 0 saturated carbocycles. The summed E-state index contributed by atoms with van der Waals surface area (Å²) in [5.74, 6) is 1.06. The molecule has 0 radical (unpaired) electrons. The summed E-state index contributed by atoms with van der Waals surface area (Å²) in [4.78, 5) is 0. The minimum Gasteiger partial charge on any atom is -0.493 e. The molecule has 106 valence electrons. The van der Waals surface area contributed by atoms with Crippen LogP contribution in [0.5, 0.6) is 5.75 Å². The summed E-state index contributed by atoms with van der Waals surface area (Å²) in [5.41, 5.74) is 3.78. The molecule has 0 aliphatic carbocycles. The van der Waals surface area contributed by atoms with E-state index in [0.29, 0.717) is 0 Å². The van der Waals surface area contributed by atoms with Crippen LogP contribution in [0.15, 0.2) is 24.8 Å². The van der Waals surface area contributed by atoms with Gasteiger partial charge in [-0.2, -0.15) is 0 Å². The Morgan fingerprint density at radius 3 is 2.42 bits per heavy atom. The molecule has 0 bridgehead atoms. The smallest absolute Gasteiger partial charge is 0.125 e. The second-order valence-electron chi connectivity index (χ2n) is 5.08. The van der Waals surface area contributed by atoms with E-state index in [-0.39, 0.29) is 0 Å². The maximum Gasteiger partial charge on any atom is 0.125 e. The van der Waals surface area contributed by atoms with Crippen molar-refractivity contribution < 1.29 is 4.74 Å². The largest absolute Gasteiger partial charge is 0.493 e. The van der Waals surface area contributed by atoms with Crippen LogP contribution in [0.4, 0.5) is 0 Å². The maximum atomic E-state index is 5.93. The van der Waals surface area contributed by atoms with Crippen LogP contribution in [-0.2, 0) is 6.54 Å². The molecule has 0 aromatic heterocycles. The average Bonchev–Trinajstić information content (AvgIpc) is 2.36. The van der Waals surface area contributed by atoms with Crippen LogP contribution in [0.2, 0.25) is 0 Å². The fraction of sp³-hybridized carbons (Fsp3) is 0.529. The van der Waals surface area contributed by atoms with Crippen molar-refractivity contribution in [3.63, 3.8) is 0 Å². The van der Waals surface area contributed by atoms with Gasteiger partial charge >= 0.3 is 0 Å². The van der Waals surface area contributed by atoms with Gasteiger partial charge in [-0.1, -0.05) is 18.2 Å². The Morgan fingerprint density at radius 1 is 1.16 bits per heavy atom. The van der Waals surface area contributed by atoms with Gasteiger partial charge in [0.25, 0.3) is 0 Å². The van der Waals surface area contributed by atoms with Crippen LogP contribution >= 0.6 is 0 Å². The lowest BCUT2D eigenvalue weighted by atomic mass is 10.1. The fourth-order valence-corrected chi connectivity index (χ4v) is 2.32. The van der Waals surface area contributed by atoms with Gasteiger partial charge in [-0.3, -0.25) is 0 Å². The zero-order valence-corrected chi connectivity index (χ0v) is 12.6. The maximum absolute atomic E-state index is 5.93. The Hall–Kier alpha value is -1.28. The predicted octanol–water partition coefficient (Wildman–Crippen LogP) is 4.15. The van der Waals surface area contributed by atoms with E-state index in [1.807, 2.05) is 13.1 Å². The van der Waals surface area contributed by atoms with Gasteiger partial charge in [0.15, 0.2) is 0 Å². The van der Waals surface area contributed by atoms with Crippen molar-refractivity contribution in [2.45, 2.75) is 46.1 Å². The minimum atomic E-state index is 0.810. The number of rotatable bonds is 9. The lowest BCUT2D eigenvalue weighted by Gasteiger charge is -2.14. The second kappa shape index (κ2) is 8.76. The number of allylic oxidation sites excluding steroid dienone is 1. The minimum absolute atomic E-state index is 0.810. The fourth-order valence-electron chi connectivity index (χ4n) is 2.32. The standard InChI is InChI=1S/C17H27NO/c1-5-6-7-8-9-10-19-17-14(2)11-16(13-18-4)12-15(17)3/h5,11-12,18H,1,6-10,13H2,2-4H3. The number of benzene rings is 1. The van der Waals surface area contributed by atoms with Crippen LogP contribution in [-0.4, -0.2) is 13.7 Å². The number of unbranched alkanes of at least 4 members (excludes halogenated alkanes) is 3. The molecular formula is C17H27NO. The first-order chi connectivity index (χ1) is 9.19. The molecule has 2 nitrogen and oxygen atoms in total. The molecule has 0 aliphatic rings. The van der Waals surface area contributed by atoms with E-state index in [9.17, 15) is 0 Å². The van der Waals surface area contributed by atoms with E-state index in [4.69, 9.17) is 4.74 Å². The van der Waals surface area contributed by atoms with Crippen LogP contribution in [0.1, 0.15) is 42.4 Å². The number of aryl methyl sites for hydroxylation is 2. The monoisotopic (exact) mass is 261 g/mol. The Labute approximate surface area is 117 Å². The highest BCUT2D eigenvalue weighted by molar-refractivity contribution is 5.43. The molecule has 2 heteroatoms. The molecule has 0 fully saturated rings. The van der Waals surface area contributed by atoms with Crippen molar-refractivity contribution in [3.8, 4) is 5.75 Å². The summed E-state index contributed by atoms with van der Waals surface area (Å²) in [6.45, 7) is 9.70. The Morgan fingerprint density at radius 2 is 1.84 bits per heavy atom. The van der Waals surface area contributed by atoms with Gasteiger partial charge in [-0.15, -0.1) is 6.58 Å². The first-order valence-corrected chi connectivity index (χ1v) is 7.17. The first-order valence-electron chi connectivity index (χ1n) is 7.17. The molecule has 0 heterocycles. The molecule has 1 N–H and O–H groups in total. The normalized spacial score (nSPS) is 10.5. The Balaban J connectivity index is 2.47. The average molecular weight is 261 g/mol. The topological polar surface area (TPSA) is 21.3 Å². The molecule has 0 aliphatic heterocycles. The molecule has 0 saturated heterocycles. The second-order valence-corrected chi connectivity index (χ2v) is 5.08. The number of hydrogen-bond acceptors (Lipinski definition) is 2. The molecule has 1 aromatic carbocycles. The molecular weight excluding hydrogens is 234 g/mol. The highest BCUT2D eigenvalue weighted by atomic mass is 16.5. The molecule has 0 amide bonds. The van der Waals surface area contributed by atoms with Crippen molar-refractivity contribution in [1.29, 1.82) is 0 Å². The van der Waals surface area contributed by atoms with Gasteiger partial charge in [-0.05, 0) is 63.3 Å². The third kappa shape index (κ3) is 5.48. The molecule has 0 unspecified atom stereocenters. The summed E-state index contributed by atoms with van der Waals surface area (Å²) in [6.07, 6.45) is 6.63. The predicted molar refractivity (Wildman–Crippen MR) is 82.8 cm³/mol. The van der Waals surface area contributed by atoms with E-state index in [2.05, 4.69) is 37.9 Å². The summed E-state index contributed by atoms with van der Waals surface area (Å²) >= 11 is 0. The van der Waals surface area contributed by atoms with Crippen LogP contribution in [0.25, 0.3) is 0 Å². The van der Waals surface area contributed by atoms with E-state index in [1.165, 1.54) is 29.5 Å². The van der Waals surface area contributed by atoms with Gasteiger partial charge in [0.1, 0.15) is 5.75 Å². The number of hydrogen-bond donors (Lipinski definition) is 1. The van der Waals surface area contributed by atoms with Crippen molar-refractivity contribution in [3.05, 3.63) is 41.5 Å². The molecule has 0 atom stereocenters. The van der Waals surface area contributed by atoms with Gasteiger partial charge in [0, 0.05) is 6.54 Å². The van der Waals surface area contributed by atoms with Gasteiger partial charge < -0.3 is 10.1 Å². The first kappa shape index (κ1) is 15.8. The lowest BCUT2D eigenvalue weighted by molar-refractivity contribution is 0.301. The van der Waals surface area contributed by atoms with Gasteiger partial charge in [0.05, 0.1) is 6.61 Å². The zero-order valence-electron chi connectivity index (χ0n) is 12.6. The van der Waals surface area contributed by atoms with E-state index < -0.39 is 0 Å². The summed E-state index contributed by atoms with van der Waals surface area (Å²) in [5, 5.41) is 3.18. The van der Waals surface area contributed by atoms with Crippen LogP contribution < -0.4 is 10.1 Å². The van der Waals surface area contributed by atoms with Crippen molar-refractivity contribution in [1.82, 2.24) is 5.32 Å². The molecule has 1 rings (SSSR count). The quantitative estimate of drug-likeness (QED) is 0.532. The SMILES string of the molecule is C=CCCCCCOc1c(C)cc(CNC)cc1C. The third-order valence-corrected chi connectivity index (χ3v) is 3.20. The van der Waals surface area contributed by atoms with E-state index >= 15 is 0 Å². The third-order valence-electron chi connectivity index (χ3n) is 3.20. The van der Waals surface area contributed by atoms with Crippen molar-refractivity contribution in [2.24, 2.45) is 0 Å². The number of nitrogens with one attached hydrogen (secondary N) is 1. The highest BCUT2D eigenvalue weighted by Crippen LogP contribution is 2.25. The summed E-state index contributed by atoms with van der Waals surface area (Å²) in [7, 11) is 1.97.